The second-order valence-corrected chi connectivity index (χ2v) is 11.2. The number of anilines is 2. The van der Waals surface area contributed by atoms with Gasteiger partial charge in [0.25, 0.3) is 5.91 Å². The van der Waals surface area contributed by atoms with Crippen LogP contribution in [0.15, 0.2) is 78.9 Å². The molecular formula is C33H35N3O6. The summed E-state index contributed by atoms with van der Waals surface area (Å²) in [5, 5.41) is 9.61. The molecular weight excluding hydrogens is 534 g/mol. The van der Waals surface area contributed by atoms with Crippen LogP contribution in [0.1, 0.15) is 36.5 Å². The van der Waals surface area contributed by atoms with Gasteiger partial charge in [-0.05, 0) is 35.7 Å². The summed E-state index contributed by atoms with van der Waals surface area (Å²) in [5.41, 5.74) is 3.13. The molecule has 9 nitrogen and oxygen atoms in total. The lowest BCUT2D eigenvalue weighted by Crippen LogP contribution is -2.44. The predicted molar refractivity (Wildman–Crippen MR) is 157 cm³/mol. The number of para-hydroxylation sites is 1. The number of carbonyl (C=O) groups is 3. The lowest BCUT2D eigenvalue weighted by atomic mass is 9.83. The average molecular weight is 570 g/mol. The van der Waals surface area contributed by atoms with Gasteiger partial charge in [-0.3, -0.25) is 14.5 Å². The van der Waals surface area contributed by atoms with Gasteiger partial charge in [-0.1, -0.05) is 67.6 Å². The first kappa shape index (κ1) is 27.9. The van der Waals surface area contributed by atoms with Crippen LogP contribution in [0, 0.1) is 5.92 Å². The quantitative estimate of drug-likeness (QED) is 0.414. The Morgan fingerprint density at radius 3 is 2.45 bits per heavy atom. The molecule has 3 aromatic carbocycles. The van der Waals surface area contributed by atoms with Gasteiger partial charge in [-0.25, -0.2) is 4.79 Å². The lowest BCUT2D eigenvalue weighted by molar-refractivity contribution is -0.150. The Labute approximate surface area is 245 Å². The molecule has 0 bridgehead atoms. The van der Waals surface area contributed by atoms with E-state index in [-0.39, 0.29) is 43.4 Å². The Kier molecular flexibility index (Phi) is 7.70. The molecule has 0 aromatic heterocycles. The van der Waals surface area contributed by atoms with E-state index in [9.17, 15) is 19.5 Å². The fourth-order valence-corrected chi connectivity index (χ4v) is 6.44. The zero-order chi connectivity index (χ0) is 29.3. The minimum Gasteiger partial charge on any atom is -0.447 e. The molecule has 3 aliphatic rings. The van der Waals surface area contributed by atoms with Gasteiger partial charge in [0.2, 0.25) is 5.91 Å². The molecule has 2 fully saturated rings. The predicted octanol–water partition coefficient (Wildman–Crippen LogP) is 4.22. The van der Waals surface area contributed by atoms with Gasteiger partial charge in [0.15, 0.2) is 5.60 Å². The Morgan fingerprint density at radius 2 is 1.74 bits per heavy atom. The Hall–Kier alpha value is -4.21. The van der Waals surface area contributed by atoms with E-state index in [1.165, 1.54) is 0 Å². The van der Waals surface area contributed by atoms with Gasteiger partial charge in [-0.15, -0.1) is 0 Å². The van der Waals surface area contributed by atoms with Crippen LogP contribution in [-0.2, 0) is 37.8 Å². The standard InChI is InChI=1S/C33H35N3O6/c1-23-19-27(20-30(38)34(15-17-37)21-24-7-3-2-4-8-24)42-33(23)28-9-5-6-10-29(28)36(31(33)39)22-25-11-13-26(14-12-25)35-16-18-41-32(35)40/h2-14,23,27,37H,15-22H2,1H3/t23-,27-,33+/m1/s1. The number of aliphatic hydroxyl groups is 1. The third-order valence-corrected chi connectivity index (χ3v) is 8.51. The second kappa shape index (κ2) is 11.6. The molecule has 9 heteroatoms. The van der Waals surface area contributed by atoms with Crippen LogP contribution in [0.5, 0.6) is 0 Å². The summed E-state index contributed by atoms with van der Waals surface area (Å²) in [5.74, 6) is -0.382. The monoisotopic (exact) mass is 569 g/mol. The van der Waals surface area contributed by atoms with Gasteiger partial charge in [0.05, 0.1) is 37.9 Å². The maximum atomic E-state index is 14.2. The maximum Gasteiger partial charge on any atom is 0.414 e. The van der Waals surface area contributed by atoms with Crippen LogP contribution >= 0.6 is 0 Å². The minimum atomic E-state index is -1.16. The fraction of sp³-hybridized carbons (Fsp3) is 0.364. The van der Waals surface area contributed by atoms with Gasteiger partial charge >= 0.3 is 6.09 Å². The van der Waals surface area contributed by atoms with Crippen molar-refractivity contribution >= 4 is 29.3 Å². The van der Waals surface area contributed by atoms with E-state index in [4.69, 9.17) is 9.47 Å². The van der Waals surface area contributed by atoms with Crippen molar-refractivity contribution in [3.8, 4) is 0 Å². The zero-order valence-corrected chi connectivity index (χ0v) is 23.6. The Morgan fingerprint density at radius 1 is 1.00 bits per heavy atom. The van der Waals surface area contributed by atoms with Gasteiger partial charge in [-0.2, -0.15) is 0 Å². The van der Waals surface area contributed by atoms with Gasteiger partial charge in [0, 0.05) is 30.3 Å². The summed E-state index contributed by atoms with van der Waals surface area (Å²) >= 11 is 0. The molecule has 0 radical (unpaired) electrons. The van der Waals surface area contributed by atoms with Crippen molar-refractivity contribution in [2.45, 2.75) is 44.6 Å². The maximum absolute atomic E-state index is 14.2. The van der Waals surface area contributed by atoms with E-state index >= 15 is 0 Å². The topological polar surface area (TPSA) is 99.6 Å². The average Bonchev–Trinajstić information content (AvgIpc) is 3.65. The number of aliphatic hydroxyl groups excluding tert-OH is 1. The number of nitrogens with zero attached hydrogens (tertiary/aromatic N) is 3. The van der Waals surface area contributed by atoms with E-state index in [0.717, 1.165) is 28.1 Å². The molecule has 1 N–H and O–H groups in total. The molecule has 3 aromatic rings. The lowest BCUT2D eigenvalue weighted by Gasteiger charge is -2.28. The van der Waals surface area contributed by atoms with Crippen LogP contribution in [0.25, 0.3) is 0 Å². The molecule has 42 heavy (non-hydrogen) atoms. The number of ether oxygens (including phenoxy) is 2. The van der Waals surface area contributed by atoms with Crippen molar-refractivity contribution < 1.29 is 29.0 Å². The van der Waals surface area contributed by atoms with E-state index in [1.54, 1.807) is 14.7 Å². The molecule has 3 heterocycles. The van der Waals surface area contributed by atoms with Crippen LogP contribution in [0.2, 0.25) is 0 Å². The molecule has 218 valence electrons. The SMILES string of the molecule is C[C@@H]1C[C@H](CC(=O)N(CCO)Cc2ccccc2)O[C@@]12C(=O)N(Cc1ccc(N3CCOC3=O)cc1)c1ccccc12. The third-order valence-electron chi connectivity index (χ3n) is 8.51. The highest BCUT2D eigenvalue weighted by molar-refractivity contribution is 6.07. The van der Waals surface area contributed by atoms with Crippen LogP contribution in [-0.4, -0.2) is 60.3 Å². The van der Waals surface area contributed by atoms with Crippen molar-refractivity contribution in [1.82, 2.24) is 4.90 Å². The summed E-state index contributed by atoms with van der Waals surface area (Å²) in [6.07, 6.45) is -0.0814. The number of hydrogen-bond acceptors (Lipinski definition) is 6. The van der Waals surface area contributed by atoms with Crippen LogP contribution in [0.3, 0.4) is 0 Å². The Bertz CT molecular complexity index is 1460. The molecule has 6 rings (SSSR count). The first-order chi connectivity index (χ1) is 20.4. The summed E-state index contributed by atoms with van der Waals surface area (Å²) in [6.45, 7) is 3.76. The first-order valence-corrected chi connectivity index (χ1v) is 14.5. The number of carbonyl (C=O) groups excluding carboxylic acids is 3. The highest BCUT2D eigenvalue weighted by Crippen LogP contribution is 2.53. The number of benzene rings is 3. The molecule has 2 saturated heterocycles. The zero-order valence-electron chi connectivity index (χ0n) is 23.6. The second-order valence-electron chi connectivity index (χ2n) is 11.2. The Balaban J connectivity index is 1.19. The van der Waals surface area contributed by atoms with E-state index in [0.29, 0.717) is 32.7 Å². The normalized spacial score (nSPS) is 23.0. The fourth-order valence-electron chi connectivity index (χ4n) is 6.44. The van der Waals surface area contributed by atoms with Crippen LogP contribution in [0.4, 0.5) is 16.2 Å². The summed E-state index contributed by atoms with van der Waals surface area (Å²) in [7, 11) is 0. The highest BCUT2D eigenvalue weighted by Gasteiger charge is 2.60. The van der Waals surface area contributed by atoms with E-state index < -0.39 is 11.7 Å². The van der Waals surface area contributed by atoms with Crippen LogP contribution < -0.4 is 9.80 Å². The van der Waals surface area contributed by atoms with Crippen molar-refractivity contribution in [1.29, 1.82) is 0 Å². The molecule has 0 aliphatic carbocycles. The minimum absolute atomic E-state index is 0.111. The number of hydrogen-bond donors (Lipinski definition) is 1. The molecule has 3 aliphatic heterocycles. The summed E-state index contributed by atoms with van der Waals surface area (Å²) in [6, 6.07) is 25.0. The number of rotatable bonds is 9. The number of amides is 3. The smallest absolute Gasteiger partial charge is 0.414 e. The first-order valence-electron chi connectivity index (χ1n) is 14.5. The van der Waals surface area contributed by atoms with Crippen molar-refractivity contribution in [3.05, 3.63) is 95.6 Å². The summed E-state index contributed by atoms with van der Waals surface area (Å²) in [4.78, 5) is 44.6. The molecule has 3 amide bonds. The molecule has 1 spiro atoms. The van der Waals surface area contributed by atoms with Gasteiger partial charge in [0.1, 0.15) is 6.61 Å². The van der Waals surface area contributed by atoms with E-state index in [1.807, 2.05) is 85.8 Å². The molecule has 0 saturated carbocycles. The van der Waals surface area contributed by atoms with Crippen molar-refractivity contribution in [2.24, 2.45) is 5.92 Å². The number of cyclic esters (lactones) is 1. The largest absolute Gasteiger partial charge is 0.447 e. The highest BCUT2D eigenvalue weighted by atomic mass is 16.6. The third kappa shape index (κ3) is 5.03. The summed E-state index contributed by atoms with van der Waals surface area (Å²) < 4.78 is 11.7. The van der Waals surface area contributed by atoms with Crippen molar-refractivity contribution in [2.75, 3.05) is 36.1 Å². The van der Waals surface area contributed by atoms with Crippen molar-refractivity contribution in [3.63, 3.8) is 0 Å². The number of fused-ring (bicyclic) bond motifs is 2. The molecule has 0 unspecified atom stereocenters. The van der Waals surface area contributed by atoms with Gasteiger partial charge < -0.3 is 24.4 Å². The van der Waals surface area contributed by atoms with E-state index in [2.05, 4.69) is 0 Å². The molecule has 3 atom stereocenters.